The van der Waals surface area contributed by atoms with Gasteiger partial charge in [0, 0.05) is 19.6 Å². The lowest BCUT2D eigenvalue weighted by atomic mass is 10.2. The van der Waals surface area contributed by atoms with Gasteiger partial charge in [0.2, 0.25) is 0 Å². The molecule has 17 heavy (non-hydrogen) atoms. The van der Waals surface area contributed by atoms with Gasteiger partial charge in [-0.15, -0.1) is 0 Å². The van der Waals surface area contributed by atoms with E-state index in [1.807, 2.05) is 12.1 Å². The molecule has 1 aromatic rings. The molecular weight excluding hydrogens is 278 g/mol. The standard InChI is InChI=1S/C13H22BrN3/c1-11(2)10-17(9-8-16(3)4)13-7-5-6-12(14)15-13/h5-7,11H,8-10H2,1-4H3. The van der Waals surface area contributed by atoms with Crippen molar-refractivity contribution < 1.29 is 0 Å². The highest BCUT2D eigenvalue weighted by Gasteiger charge is 2.10. The Kier molecular flexibility index (Phi) is 5.92. The van der Waals surface area contributed by atoms with E-state index in [4.69, 9.17) is 0 Å². The second-order valence-electron chi connectivity index (χ2n) is 4.96. The first-order chi connectivity index (χ1) is 7.99. The van der Waals surface area contributed by atoms with Gasteiger partial charge in [0.1, 0.15) is 10.4 Å². The van der Waals surface area contributed by atoms with Crippen molar-refractivity contribution >= 4 is 21.7 Å². The van der Waals surface area contributed by atoms with Gasteiger partial charge in [0.25, 0.3) is 0 Å². The van der Waals surface area contributed by atoms with Crippen LogP contribution in [-0.4, -0.2) is 43.6 Å². The number of hydrogen-bond acceptors (Lipinski definition) is 3. The smallest absolute Gasteiger partial charge is 0.129 e. The second-order valence-corrected chi connectivity index (χ2v) is 5.77. The van der Waals surface area contributed by atoms with Crippen LogP contribution in [0.1, 0.15) is 13.8 Å². The number of aromatic nitrogens is 1. The van der Waals surface area contributed by atoms with Gasteiger partial charge in [-0.1, -0.05) is 19.9 Å². The molecule has 0 bridgehead atoms. The third-order valence-electron chi connectivity index (χ3n) is 2.43. The predicted octanol–water partition coefficient (Wildman–Crippen LogP) is 2.87. The molecule has 4 heteroatoms. The van der Waals surface area contributed by atoms with Crippen LogP contribution in [-0.2, 0) is 0 Å². The fraction of sp³-hybridized carbons (Fsp3) is 0.615. The Morgan fingerprint density at radius 3 is 2.47 bits per heavy atom. The van der Waals surface area contributed by atoms with Gasteiger partial charge in [-0.05, 0) is 48.1 Å². The lowest BCUT2D eigenvalue weighted by Crippen LogP contribution is -2.34. The number of hydrogen-bond donors (Lipinski definition) is 0. The molecule has 3 nitrogen and oxygen atoms in total. The summed E-state index contributed by atoms with van der Waals surface area (Å²) in [5, 5.41) is 0. The Balaban J connectivity index is 2.74. The number of rotatable bonds is 6. The van der Waals surface area contributed by atoms with Crippen LogP contribution < -0.4 is 4.90 Å². The Morgan fingerprint density at radius 1 is 1.24 bits per heavy atom. The van der Waals surface area contributed by atoms with Gasteiger partial charge < -0.3 is 9.80 Å². The van der Waals surface area contributed by atoms with E-state index in [-0.39, 0.29) is 0 Å². The Labute approximate surface area is 113 Å². The second kappa shape index (κ2) is 6.97. The molecule has 1 heterocycles. The maximum atomic E-state index is 4.53. The van der Waals surface area contributed by atoms with Crippen LogP contribution >= 0.6 is 15.9 Å². The van der Waals surface area contributed by atoms with Crippen molar-refractivity contribution in [1.82, 2.24) is 9.88 Å². The van der Waals surface area contributed by atoms with E-state index in [1.54, 1.807) is 0 Å². The fourth-order valence-electron chi connectivity index (χ4n) is 1.63. The minimum Gasteiger partial charge on any atom is -0.355 e. The quantitative estimate of drug-likeness (QED) is 0.753. The summed E-state index contributed by atoms with van der Waals surface area (Å²) >= 11 is 3.43. The molecule has 0 aliphatic heterocycles. The topological polar surface area (TPSA) is 19.4 Å². The number of nitrogens with zero attached hydrogens (tertiary/aromatic N) is 3. The predicted molar refractivity (Wildman–Crippen MR) is 77.5 cm³/mol. The molecule has 0 fully saturated rings. The SMILES string of the molecule is CC(C)CN(CCN(C)C)c1cccc(Br)n1. The number of likely N-dealkylation sites (N-methyl/N-ethyl adjacent to an activating group) is 1. The number of halogens is 1. The van der Waals surface area contributed by atoms with Crippen molar-refractivity contribution in [3.8, 4) is 0 Å². The molecule has 1 aromatic heterocycles. The molecule has 0 saturated heterocycles. The molecule has 0 aliphatic carbocycles. The molecule has 0 saturated carbocycles. The first kappa shape index (κ1) is 14.5. The molecule has 1 rings (SSSR count). The zero-order chi connectivity index (χ0) is 12.8. The van der Waals surface area contributed by atoms with Gasteiger partial charge in [0.05, 0.1) is 0 Å². The third kappa shape index (κ3) is 5.50. The van der Waals surface area contributed by atoms with E-state index < -0.39 is 0 Å². The molecule has 0 unspecified atom stereocenters. The zero-order valence-corrected chi connectivity index (χ0v) is 12.7. The van der Waals surface area contributed by atoms with E-state index in [0.717, 1.165) is 30.1 Å². The molecule has 0 spiro atoms. The molecule has 0 N–H and O–H groups in total. The van der Waals surface area contributed by atoms with Crippen LogP contribution in [0.2, 0.25) is 0 Å². The summed E-state index contributed by atoms with van der Waals surface area (Å²) in [7, 11) is 4.20. The average molecular weight is 300 g/mol. The molecule has 0 aliphatic rings. The van der Waals surface area contributed by atoms with Crippen molar-refractivity contribution in [2.75, 3.05) is 38.6 Å². The molecule has 0 aromatic carbocycles. The van der Waals surface area contributed by atoms with E-state index in [2.05, 4.69) is 64.7 Å². The summed E-state index contributed by atoms with van der Waals surface area (Å²) in [6, 6.07) is 6.07. The molecule has 0 amide bonds. The maximum Gasteiger partial charge on any atom is 0.129 e. The van der Waals surface area contributed by atoms with Crippen molar-refractivity contribution in [2.45, 2.75) is 13.8 Å². The normalized spacial score (nSPS) is 11.2. The number of pyridine rings is 1. The Bertz CT molecular complexity index is 339. The van der Waals surface area contributed by atoms with E-state index in [0.29, 0.717) is 5.92 Å². The average Bonchev–Trinajstić information content (AvgIpc) is 2.23. The van der Waals surface area contributed by atoms with Gasteiger partial charge in [-0.3, -0.25) is 0 Å². The van der Waals surface area contributed by atoms with Gasteiger partial charge >= 0.3 is 0 Å². The highest BCUT2D eigenvalue weighted by atomic mass is 79.9. The molecular formula is C13H22BrN3. The van der Waals surface area contributed by atoms with Crippen molar-refractivity contribution in [3.63, 3.8) is 0 Å². The third-order valence-corrected chi connectivity index (χ3v) is 2.87. The Hall–Kier alpha value is -0.610. The first-order valence-corrected chi connectivity index (χ1v) is 6.80. The van der Waals surface area contributed by atoms with Crippen LogP contribution in [0, 0.1) is 5.92 Å². The molecule has 96 valence electrons. The van der Waals surface area contributed by atoms with Gasteiger partial charge in [-0.2, -0.15) is 0 Å². The zero-order valence-electron chi connectivity index (χ0n) is 11.2. The summed E-state index contributed by atoms with van der Waals surface area (Å²) in [5.74, 6) is 1.69. The number of anilines is 1. The van der Waals surface area contributed by atoms with E-state index in [1.165, 1.54) is 0 Å². The van der Waals surface area contributed by atoms with Crippen LogP contribution in [0.15, 0.2) is 22.8 Å². The molecule has 0 radical (unpaired) electrons. The van der Waals surface area contributed by atoms with Crippen LogP contribution in [0.5, 0.6) is 0 Å². The first-order valence-electron chi connectivity index (χ1n) is 6.01. The Morgan fingerprint density at radius 2 is 1.94 bits per heavy atom. The highest BCUT2D eigenvalue weighted by molar-refractivity contribution is 9.10. The van der Waals surface area contributed by atoms with Crippen molar-refractivity contribution in [2.24, 2.45) is 5.92 Å². The summed E-state index contributed by atoms with van der Waals surface area (Å²) in [5.41, 5.74) is 0. The van der Waals surface area contributed by atoms with Crippen molar-refractivity contribution in [3.05, 3.63) is 22.8 Å². The summed E-state index contributed by atoms with van der Waals surface area (Å²) < 4.78 is 0.897. The monoisotopic (exact) mass is 299 g/mol. The van der Waals surface area contributed by atoms with Crippen LogP contribution in [0.4, 0.5) is 5.82 Å². The van der Waals surface area contributed by atoms with Gasteiger partial charge in [-0.25, -0.2) is 4.98 Å². The summed E-state index contributed by atoms with van der Waals surface area (Å²) in [4.78, 5) is 9.07. The molecule has 0 atom stereocenters. The largest absolute Gasteiger partial charge is 0.355 e. The minimum absolute atomic E-state index is 0.637. The lowest BCUT2D eigenvalue weighted by molar-refractivity contribution is 0.408. The van der Waals surface area contributed by atoms with E-state index >= 15 is 0 Å². The van der Waals surface area contributed by atoms with Crippen LogP contribution in [0.3, 0.4) is 0 Å². The van der Waals surface area contributed by atoms with E-state index in [9.17, 15) is 0 Å². The van der Waals surface area contributed by atoms with Crippen LogP contribution in [0.25, 0.3) is 0 Å². The highest BCUT2D eigenvalue weighted by Crippen LogP contribution is 2.16. The van der Waals surface area contributed by atoms with Crippen molar-refractivity contribution in [1.29, 1.82) is 0 Å². The minimum atomic E-state index is 0.637. The lowest BCUT2D eigenvalue weighted by Gasteiger charge is -2.27. The summed E-state index contributed by atoms with van der Waals surface area (Å²) in [6.07, 6.45) is 0. The van der Waals surface area contributed by atoms with Gasteiger partial charge in [0.15, 0.2) is 0 Å². The fourth-order valence-corrected chi connectivity index (χ4v) is 1.97. The summed E-state index contributed by atoms with van der Waals surface area (Å²) in [6.45, 7) is 7.56. The maximum absolute atomic E-state index is 4.53.